The number of nitrogens with zero attached hydrogens (tertiary/aromatic N) is 2. The van der Waals surface area contributed by atoms with Crippen LogP contribution in [0.2, 0.25) is 0 Å². The van der Waals surface area contributed by atoms with Gasteiger partial charge in [0.05, 0.1) is 6.61 Å². The molecule has 0 radical (unpaired) electrons. The van der Waals surface area contributed by atoms with E-state index in [4.69, 9.17) is 0 Å². The third kappa shape index (κ3) is 5.44. The van der Waals surface area contributed by atoms with Crippen molar-refractivity contribution in [2.45, 2.75) is 37.6 Å². The third-order valence-corrected chi connectivity index (χ3v) is 8.14. The first-order valence-corrected chi connectivity index (χ1v) is 13.1. The summed E-state index contributed by atoms with van der Waals surface area (Å²) in [4.78, 5) is 20.0. The van der Waals surface area contributed by atoms with Crippen molar-refractivity contribution >= 4 is 22.9 Å². The van der Waals surface area contributed by atoms with Gasteiger partial charge in [-0.25, -0.2) is 13.2 Å². The number of phenols is 1. The normalized spacial score (nSPS) is 19.0. The highest BCUT2D eigenvalue weighted by Crippen LogP contribution is 2.36. The maximum Gasteiger partial charge on any atom is 0.246 e. The van der Waals surface area contributed by atoms with Gasteiger partial charge >= 0.3 is 0 Å². The number of aliphatic hydroxyl groups is 1. The van der Waals surface area contributed by atoms with Gasteiger partial charge in [-0.2, -0.15) is 0 Å². The summed E-state index contributed by atoms with van der Waals surface area (Å²) in [6, 6.07) is 7.11. The van der Waals surface area contributed by atoms with Crippen molar-refractivity contribution in [1.82, 2.24) is 14.8 Å². The minimum absolute atomic E-state index is 0.0286. The molecular formula is C29H32F3N3O3. The summed E-state index contributed by atoms with van der Waals surface area (Å²) in [5.74, 6) is -3.48. The fourth-order valence-electron chi connectivity index (χ4n) is 6.02. The van der Waals surface area contributed by atoms with Gasteiger partial charge in [0.25, 0.3) is 0 Å². The van der Waals surface area contributed by atoms with E-state index >= 15 is 0 Å². The molecule has 3 aromatic rings. The number of rotatable bonds is 6. The number of halogens is 3. The van der Waals surface area contributed by atoms with E-state index in [1.165, 1.54) is 17.7 Å². The Morgan fingerprint density at radius 2 is 1.71 bits per heavy atom. The number of amides is 1. The summed E-state index contributed by atoms with van der Waals surface area (Å²) in [7, 11) is 0. The number of aromatic amines is 1. The second kappa shape index (κ2) is 11.2. The largest absolute Gasteiger partial charge is 0.508 e. The quantitative estimate of drug-likeness (QED) is 0.318. The van der Waals surface area contributed by atoms with Gasteiger partial charge < -0.3 is 20.1 Å². The van der Waals surface area contributed by atoms with Crippen LogP contribution in [0.1, 0.15) is 42.7 Å². The molecule has 0 bridgehead atoms. The van der Waals surface area contributed by atoms with Gasteiger partial charge in [-0.3, -0.25) is 9.69 Å². The van der Waals surface area contributed by atoms with Crippen LogP contribution in [0, 0.1) is 23.4 Å². The SMILES string of the molecule is O=C(/C=C/c1cc(F)c(F)c(F)c1)N1CCC(C(CO)N2CCC(c3c[nH]c4ccc(O)cc34)CC2)CC1. The zero-order valence-electron chi connectivity index (χ0n) is 21.0. The van der Waals surface area contributed by atoms with Crippen LogP contribution < -0.4 is 0 Å². The van der Waals surface area contributed by atoms with Gasteiger partial charge in [-0.05, 0) is 98.1 Å². The topological polar surface area (TPSA) is 79.8 Å². The molecule has 3 N–H and O–H groups in total. The molecule has 1 amide bonds. The summed E-state index contributed by atoms with van der Waals surface area (Å²) >= 11 is 0. The summed E-state index contributed by atoms with van der Waals surface area (Å²) < 4.78 is 40.0. The predicted molar refractivity (Wildman–Crippen MR) is 139 cm³/mol. The number of aromatic nitrogens is 1. The van der Waals surface area contributed by atoms with E-state index in [9.17, 15) is 28.2 Å². The van der Waals surface area contributed by atoms with E-state index in [0.29, 0.717) is 19.0 Å². The van der Waals surface area contributed by atoms with Crippen molar-refractivity contribution in [3.05, 3.63) is 71.2 Å². The second-order valence-corrected chi connectivity index (χ2v) is 10.3. The lowest BCUT2D eigenvalue weighted by Crippen LogP contribution is -2.50. The van der Waals surface area contributed by atoms with Crippen LogP contribution in [0.3, 0.4) is 0 Å². The Hall–Kier alpha value is -3.30. The zero-order valence-corrected chi connectivity index (χ0v) is 21.0. The first-order valence-electron chi connectivity index (χ1n) is 13.1. The van der Waals surface area contributed by atoms with Gasteiger partial charge in [-0.15, -0.1) is 0 Å². The molecule has 2 aliphatic rings. The van der Waals surface area contributed by atoms with Gasteiger partial charge in [0.1, 0.15) is 5.75 Å². The van der Waals surface area contributed by atoms with E-state index in [1.54, 1.807) is 11.0 Å². The zero-order chi connectivity index (χ0) is 26.8. The molecular weight excluding hydrogens is 495 g/mol. The minimum atomic E-state index is -1.53. The van der Waals surface area contributed by atoms with Crippen molar-refractivity contribution < 1.29 is 28.2 Å². The van der Waals surface area contributed by atoms with Crippen molar-refractivity contribution in [1.29, 1.82) is 0 Å². The minimum Gasteiger partial charge on any atom is -0.508 e. The van der Waals surface area contributed by atoms with Gasteiger partial charge in [0.2, 0.25) is 5.91 Å². The number of likely N-dealkylation sites (tertiary alicyclic amines) is 2. The average Bonchev–Trinajstić information content (AvgIpc) is 3.34. The van der Waals surface area contributed by atoms with E-state index in [0.717, 1.165) is 61.8 Å². The summed E-state index contributed by atoms with van der Waals surface area (Å²) in [6.45, 7) is 2.87. The number of carbonyl (C=O) groups is 1. The second-order valence-electron chi connectivity index (χ2n) is 10.3. The van der Waals surface area contributed by atoms with Crippen LogP contribution >= 0.6 is 0 Å². The molecule has 9 heteroatoms. The Kier molecular flexibility index (Phi) is 7.76. The number of aromatic hydroxyl groups is 1. The molecule has 2 saturated heterocycles. The monoisotopic (exact) mass is 527 g/mol. The molecule has 38 heavy (non-hydrogen) atoms. The lowest BCUT2D eigenvalue weighted by atomic mass is 9.84. The van der Waals surface area contributed by atoms with Crippen molar-refractivity contribution in [3.63, 3.8) is 0 Å². The summed E-state index contributed by atoms with van der Waals surface area (Å²) in [6.07, 6.45) is 8.02. The summed E-state index contributed by atoms with van der Waals surface area (Å²) in [5.41, 5.74) is 2.32. The van der Waals surface area contributed by atoms with Crippen LogP contribution in [0.5, 0.6) is 5.75 Å². The maximum atomic E-state index is 13.4. The number of nitrogens with one attached hydrogen (secondary N) is 1. The highest BCUT2D eigenvalue weighted by molar-refractivity contribution is 5.91. The standard InChI is InChI=1S/C29H32F3N3O3/c30-24-13-18(14-25(31)29(24)32)1-4-28(38)35-11-7-20(8-12-35)27(17-36)34-9-5-19(6-10-34)23-16-33-26-3-2-21(37)15-22(23)26/h1-4,13-16,19-20,27,33,36-37H,5-12,17H2/b4-1+. The van der Waals surface area contributed by atoms with Crippen molar-refractivity contribution in [3.8, 4) is 5.75 Å². The Morgan fingerprint density at radius 3 is 2.37 bits per heavy atom. The first kappa shape index (κ1) is 26.3. The number of aliphatic hydroxyl groups excluding tert-OH is 1. The van der Waals surface area contributed by atoms with Gasteiger partial charge in [0.15, 0.2) is 17.5 Å². The van der Waals surface area contributed by atoms with Gasteiger partial charge in [-0.1, -0.05) is 0 Å². The predicted octanol–water partition coefficient (Wildman–Crippen LogP) is 4.78. The highest BCUT2D eigenvalue weighted by atomic mass is 19.2. The molecule has 1 unspecified atom stereocenters. The molecule has 0 aliphatic carbocycles. The van der Waals surface area contributed by atoms with E-state index in [1.807, 2.05) is 18.3 Å². The molecule has 2 aromatic carbocycles. The van der Waals surface area contributed by atoms with Crippen LogP contribution in [0.4, 0.5) is 13.2 Å². The van der Waals surface area contributed by atoms with Crippen molar-refractivity contribution in [2.24, 2.45) is 5.92 Å². The molecule has 1 aromatic heterocycles. The molecule has 202 valence electrons. The fraction of sp³-hybridized carbons (Fsp3) is 0.414. The Labute approximate surface area is 219 Å². The number of fused-ring (bicyclic) bond motifs is 1. The Morgan fingerprint density at radius 1 is 1.03 bits per heavy atom. The maximum absolute atomic E-state index is 13.4. The molecule has 2 aliphatic heterocycles. The fourth-order valence-corrected chi connectivity index (χ4v) is 6.02. The van der Waals surface area contributed by atoms with Gasteiger partial charge in [0, 0.05) is 42.3 Å². The number of piperidine rings is 2. The molecule has 0 saturated carbocycles. The van der Waals surface area contributed by atoms with Crippen LogP contribution in [0.15, 0.2) is 42.6 Å². The number of benzene rings is 2. The first-order chi connectivity index (χ1) is 18.3. The smallest absolute Gasteiger partial charge is 0.246 e. The summed E-state index contributed by atoms with van der Waals surface area (Å²) in [5, 5.41) is 21.2. The van der Waals surface area contributed by atoms with E-state index in [2.05, 4.69) is 9.88 Å². The number of hydrogen-bond donors (Lipinski definition) is 3. The Balaban J connectivity index is 1.14. The lowest BCUT2D eigenvalue weighted by molar-refractivity contribution is -0.127. The molecule has 0 spiro atoms. The number of H-pyrrole nitrogens is 1. The van der Waals surface area contributed by atoms with E-state index < -0.39 is 17.5 Å². The average molecular weight is 528 g/mol. The lowest BCUT2D eigenvalue weighted by Gasteiger charge is -2.43. The molecule has 6 nitrogen and oxygen atoms in total. The van der Waals surface area contributed by atoms with Crippen LogP contribution in [-0.4, -0.2) is 69.7 Å². The Bertz CT molecular complexity index is 1300. The van der Waals surface area contributed by atoms with Crippen LogP contribution in [-0.2, 0) is 4.79 Å². The molecule has 2 fully saturated rings. The third-order valence-electron chi connectivity index (χ3n) is 8.14. The number of hydrogen-bond acceptors (Lipinski definition) is 4. The van der Waals surface area contributed by atoms with E-state index in [-0.39, 0.29) is 35.8 Å². The van der Waals surface area contributed by atoms with Crippen molar-refractivity contribution in [2.75, 3.05) is 32.8 Å². The number of carbonyl (C=O) groups excluding carboxylic acids is 1. The number of phenolic OH excluding ortho intramolecular Hbond substituents is 1. The highest BCUT2D eigenvalue weighted by Gasteiger charge is 2.34. The molecule has 5 rings (SSSR count). The van der Waals surface area contributed by atoms with Crippen LogP contribution in [0.25, 0.3) is 17.0 Å². The molecule has 3 heterocycles. The molecule has 1 atom stereocenters.